The van der Waals surface area contributed by atoms with Gasteiger partial charge in [0.2, 0.25) is 5.91 Å². The van der Waals surface area contributed by atoms with Crippen molar-refractivity contribution in [1.82, 2.24) is 10.2 Å². The van der Waals surface area contributed by atoms with E-state index in [-0.39, 0.29) is 23.8 Å². The molecular weight excluding hydrogens is 255 g/mol. The molecule has 2 rings (SSSR count). The molecule has 0 spiro atoms. The molecule has 1 aliphatic rings. The van der Waals surface area contributed by atoms with Crippen LogP contribution in [0.25, 0.3) is 0 Å². The quantitative estimate of drug-likeness (QED) is 0.898. The van der Waals surface area contributed by atoms with Crippen molar-refractivity contribution in [2.75, 3.05) is 13.1 Å². The maximum atomic E-state index is 13.7. The summed E-state index contributed by atoms with van der Waals surface area (Å²) in [5.74, 6) is -0.0191. The molecule has 0 radical (unpaired) electrons. The molecule has 0 aromatic heterocycles. The number of nitrogens with one attached hydrogen (secondary N) is 1. The van der Waals surface area contributed by atoms with Gasteiger partial charge in [-0.3, -0.25) is 10.1 Å². The van der Waals surface area contributed by atoms with E-state index in [2.05, 4.69) is 5.32 Å². The molecule has 1 aromatic carbocycles. The van der Waals surface area contributed by atoms with E-state index in [9.17, 15) is 9.18 Å². The van der Waals surface area contributed by atoms with Gasteiger partial charge in [-0.05, 0) is 50.8 Å². The molecule has 110 valence electrons. The van der Waals surface area contributed by atoms with Crippen molar-refractivity contribution in [2.45, 2.75) is 45.7 Å². The third-order valence-corrected chi connectivity index (χ3v) is 4.11. The first-order valence-corrected chi connectivity index (χ1v) is 7.40. The summed E-state index contributed by atoms with van der Waals surface area (Å²) >= 11 is 0. The number of likely N-dealkylation sites (N-methyl/N-ethyl adjacent to an activating group) is 1. The zero-order valence-corrected chi connectivity index (χ0v) is 12.4. The molecule has 20 heavy (non-hydrogen) atoms. The molecule has 1 N–H and O–H groups in total. The van der Waals surface area contributed by atoms with E-state index in [4.69, 9.17) is 0 Å². The predicted octanol–water partition coefficient (Wildman–Crippen LogP) is 2.66. The lowest BCUT2D eigenvalue weighted by Gasteiger charge is -2.26. The van der Waals surface area contributed by atoms with Crippen molar-refractivity contribution >= 4 is 5.91 Å². The molecule has 2 unspecified atom stereocenters. The molecule has 0 fully saturated rings. The second-order valence-corrected chi connectivity index (χ2v) is 5.30. The van der Waals surface area contributed by atoms with Crippen molar-refractivity contribution < 1.29 is 9.18 Å². The third kappa shape index (κ3) is 2.85. The molecule has 0 heterocycles. The number of carbonyl (C=O) groups excluding carboxylic acids is 1. The van der Waals surface area contributed by atoms with E-state index >= 15 is 0 Å². The van der Waals surface area contributed by atoms with Gasteiger partial charge < -0.3 is 4.90 Å². The first kappa shape index (κ1) is 15.0. The lowest BCUT2D eigenvalue weighted by atomic mass is 10.1. The van der Waals surface area contributed by atoms with Crippen molar-refractivity contribution in [3.63, 3.8) is 0 Å². The van der Waals surface area contributed by atoms with E-state index in [0.29, 0.717) is 0 Å². The molecule has 4 heteroatoms. The molecule has 1 amide bonds. The fourth-order valence-electron chi connectivity index (χ4n) is 2.97. The molecule has 1 aliphatic carbocycles. The standard InChI is InChI=1S/C16H23FN2O/c1-4-19(5-2)16(20)11(3)18-15-10-9-12-13(15)7-6-8-14(12)17/h6-8,11,15,18H,4-5,9-10H2,1-3H3. The monoisotopic (exact) mass is 278 g/mol. The Morgan fingerprint density at radius 3 is 2.80 bits per heavy atom. The molecule has 0 saturated carbocycles. The Balaban J connectivity index is 2.06. The Morgan fingerprint density at radius 1 is 1.45 bits per heavy atom. The molecule has 1 aromatic rings. The number of rotatable bonds is 5. The van der Waals surface area contributed by atoms with Crippen LogP contribution in [0.1, 0.15) is 44.4 Å². The number of hydrogen-bond acceptors (Lipinski definition) is 2. The van der Waals surface area contributed by atoms with Crippen LogP contribution >= 0.6 is 0 Å². The molecule has 0 saturated heterocycles. The Hall–Kier alpha value is -1.42. The van der Waals surface area contributed by atoms with Gasteiger partial charge in [-0.25, -0.2) is 4.39 Å². The zero-order chi connectivity index (χ0) is 14.7. The van der Waals surface area contributed by atoms with Gasteiger partial charge in [0.25, 0.3) is 0 Å². The Morgan fingerprint density at radius 2 is 2.15 bits per heavy atom. The fourth-order valence-corrected chi connectivity index (χ4v) is 2.97. The summed E-state index contributed by atoms with van der Waals surface area (Å²) in [7, 11) is 0. The number of carbonyl (C=O) groups is 1. The summed E-state index contributed by atoms with van der Waals surface area (Å²) < 4.78 is 13.7. The van der Waals surface area contributed by atoms with Crippen LogP contribution in [-0.2, 0) is 11.2 Å². The Labute approximate surface area is 120 Å². The first-order chi connectivity index (χ1) is 9.58. The van der Waals surface area contributed by atoms with Crippen molar-refractivity contribution in [3.05, 3.63) is 35.1 Å². The number of amides is 1. The smallest absolute Gasteiger partial charge is 0.239 e. The Kier molecular flexibility index (Phi) is 4.76. The van der Waals surface area contributed by atoms with Gasteiger partial charge in [0.15, 0.2) is 0 Å². The number of hydrogen-bond donors (Lipinski definition) is 1. The molecular formula is C16H23FN2O. The van der Waals surface area contributed by atoms with Gasteiger partial charge in [0.1, 0.15) is 5.82 Å². The van der Waals surface area contributed by atoms with E-state index in [1.807, 2.05) is 31.7 Å². The summed E-state index contributed by atoms with van der Waals surface area (Å²) in [5.41, 5.74) is 1.80. The van der Waals surface area contributed by atoms with Crippen LogP contribution in [0.4, 0.5) is 4.39 Å². The van der Waals surface area contributed by atoms with Crippen LogP contribution in [0.3, 0.4) is 0 Å². The topological polar surface area (TPSA) is 32.3 Å². The van der Waals surface area contributed by atoms with E-state index < -0.39 is 0 Å². The number of halogens is 1. The van der Waals surface area contributed by atoms with Crippen LogP contribution in [0.2, 0.25) is 0 Å². The van der Waals surface area contributed by atoms with Crippen LogP contribution in [0, 0.1) is 5.82 Å². The summed E-state index contributed by atoms with van der Waals surface area (Å²) in [5, 5.41) is 3.35. The minimum atomic E-state index is -0.242. The molecule has 2 atom stereocenters. The highest BCUT2D eigenvalue weighted by molar-refractivity contribution is 5.81. The van der Waals surface area contributed by atoms with Gasteiger partial charge in [-0.1, -0.05) is 12.1 Å². The molecule has 0 aliphatic heterocycles. The Bertz CT molecular complexity index is 485. The first-order valence-electron chi connectivity index (χ1n) is 7.40. The van der Waals surface area contributed by atoms with Crippen LogP contribution in [0.15, 0.2) is 18.2 Å². The van der Waals surface area contributed by atoms with E-state index in [1.54, 1.807) is 6.07 Å². The average molecular weight is 278 g/mol. The summed E-state index contributed by atoms with van der Waals surface area (Å²) in [6, 6.07) is 5.04. The van der Waals surface area contributed by atoms with Gasteiger partial charge >= 0.3 is 0 Å². The lowest BCUT2D eigenvalue weighted by Crippen LogP contribution is -2.45. The number of fused-ring (bicyclic) bond motifs is 1. The SMILES string of the molecule is CCN(CC)C(=O)C(C)NC1CCc2c(F)cccc21. The van der Waals surface area contributed by atoms with Crippen LogP contribution < -0.4 is 5.32 Å². The maximum absolute atomic E-state index is 13.7. The summed E-state index contributed by atoms with van der Waals surface area (Å²) in [6.45, 7) is 7.29. The highest BCUT2D eigenvalue weighted by Gasteiger charge is 2.28. The van der Waals surface area contributed by atoms with Gasteiger partial charge in [0, 0.05) is 19.1 Å². The third-order valence-electron chi connectivity index (χ3n) is 4.11. The highest BCUT2D eigenvalue weighted by atomic mass is 19.1. The van der Waals surface area contributed by atoms with Crippen molar-refractivity contribution in [1.29, 1.82) is 0 Å². The average Bonchev–Trinajstić information content (AvgIpc) is 2.84. The van der Waals surface area contributed by atoms with Gasteiger partial charge in [0.05, 0.1) is 6.04 Å². The number of nitrogens with zero attached hydrogens (tertiary/aromatic N) is 1. The highest BCUT2D eigenvalue weighted by Crippen LogP contribution is 2.32. The number of benzene rings is 1. The molecule has 0 bridgehead atoms. The van der Waals surface area contributed by atoms with E-state index in [0.717, 1.165) is 37.1 Å². The second-order valence-electron chi connectivity index (χ2n) is 5.30. The maximum Gasteiger partial charge on any atom is 0.239 e. The van der Waals surface area contributed by atoms with Crippen LogP contribution in [0.5, 0.6) is 0 Å². The minimum Gasteiger partial charge on any atom is -0.342 e. The summed E-state index contributed by atoms with van der Waals surface area (Å²) in [4.78, 5) is 14.1. The van der Waals surface area contributed by atoms with Crippen LogP contribution in [-0.4, -0.2) is 29.9 Å². The largest absolute Gasteiger partial charge is 0.342 e. The van der Waals surface area contributed by atoms with Gasteiger partial charge in [-0.15, -0.1) is 0 Å². The minimum absolute atomic E-state index is 0.0789. The van der Waals surface area contributed by atoms with E-state index in [1.165, 1.54) is 6.07 Å². The fraction of sp³-hybridized carbons (Fsp3) is 0.562. The normalized spacial score (nSPS) is 18.7. The zero-order valence-electron chi connectivity index (χ0n) is 12.4. The molecule has 3 nitrogen and oxygen atoms in total. The second kappa shape index (κ2) is 6.35. The summed E-state index contributed by atoms with van der Waals surface area (Å²) in [6.07, 6.45) is 1.60. The lowest BCUT2D eigenvalue weighted by molar-refractivity contribution is -0.132. The van der Waals surface area contributed by atoms with Crippen molar-refractivity contribution in [3.8, 4) is 0 Å². The van der Waals surface area contributed by atoms with Gasteiger partial charge in [-0.2, -0.15) is 0 Å². The predicted molar refractivity (Wildman–Crippen MR) is 78.0 cm³/mol. The van der Waals surface area contributed by atoms with Crippen molar-refractivity contribution in [2.24, 2.45) is 0 Å².